The van der Waals surface area contributed by atoms with Crippen molar-refractivity contribution in [3.8, 4) is 11.5 Å². The average molecular weight is 526 g/mol. The number of amidine groups is 1. The van der Waals surface area contributed by atoms with E-state index in [-0.39, 0.29) is 35.5 Å². The number of amides is 2. The third kappa shape index (κ3) is 4.37. The van der Waals surface area contributed by atoms with Crippen LogP contribution in [0.15, 0.2) is 48.7 Å². The summed E-state index contributed by atoms with van der Waals surface area (Å²) in [5.74, 6) is 0.932. The number of nitrogens with one attached hydrogen (secondary N) is 1. The molecule has 0 radical (unpaired) electrons. The smallest absolute Gasteiger partial charge is 0.259 e. The number of ether oxygens (including phenoxy) is 2. The van der Waals surface area contributed by atoms with Gasteiger partial charge in [0.2, 0.25) is 0 Å². The number of nitrogens with two attached hydrogens (primary N) is 1. The molecule has 3 aromatic rings. The molecule has 6 rings (SSSR count). The van der Waals surface area contributed by atoms with Crippen molar-refractivity contribution in [2.24, 2.45) is 5.73 Å². The Balaban J connectivity index is 1.23. The van der Waals surface area contributed by atoms with Crippen molar-refractivity contribution < 1.29 is 19.1 Å². The lowest BCUT2D eigenvalue weighted by Gasteiger charge is -2.24. The molecule has 0 spiro atoms. The zero-order valence-electron chi connectivity index (χ0n) is 22.1. The molecule has 1 atom stereocenters. The van der Waals surface area contributed by atoms with Crippen LogP contribution in [0.3, 0.4) is 0 Å². The van der Waals surface area contributed by atoms with Gasteiger partial charge >= 0.3 is 0 Å². The molecule has 2 aromatic carbocycles. The standard InChI is InChI=1S/C30H31N5O4/c1-17-22-9-7-18(15-34-16-19-14-33-25(28(31)32)13-23(19)29(34)36)11-24(22)30(37)35(17)20-8-10-26(38-2)27(12-20)39-21-5-3-4-6-21/h7-14,17,21H,3-6,15-16H2,1-2H3,(H3,31,32). The van der Waals surface area contributed by atoms with Gasteiger partial charge in [-0.05, 0) is 68.0 Å². The number of nitrogens with zero attached hydrogens (tertiary/aromatic N) is 3. The molecule has 39 heavy (non-hydrogen) atoms. The Morgan fingerprint density at radius 2 is 1.85 bits per heavy atom. The Hall–Kier alpha value is -4.40. The summed E-state index contributed by atoms with van der Waals surface area (Å²) in [5.41, 5.74) is 10.4. The number of nitrogen functional groups attached to an aromatic ring is 1. The van der Waals surface area contributed by atoms with Crippen LogP contribution in [0.4, 0.5) is 5.69 Å². The highest BCUT2D eigenvalue weighted by Gasteiger charge is 2.36. The van der Waals surface area contributed by atoms with Gasteiger partial charge in [0.25, 0.3) is 11.8 Å². The summed E-state index contributed by atoms with van der Waals surface area (Å²) in [4.78, 5) is 34.4. The van der Waals surface area contributed by atoms with E-state index < -0.39 is 0 Å². The minimum atomic E-state index is -0.172. The van der Waals surface area contributed by atoms with E-state index in [1.54, 1.807) is 29.2 Å². The number of methoxy groups -OCH3 is 1. The minimum absolute atomic E-state index is 0.0809. The van der Waals surface area contributed by atoms with Gasteiger partial charge < -0.3 is 25.0 Å². The van der Waals surface area contributed by atoms with Crippen LogP contribution in [-0.2, 0) is 13.1 Å². The van der Waals surface area contributed by atoms with Gasteiger partial charge in [0, 0.05) is 47.7 Å². The molecule has 9 nitrogen and oxygen atoms in total. The third-order valence-corrected chi connectivity index (χ3v) is 7.94. The summed E-state index contributed by atoms with van der Waals surface area (Å²) >= 11 is 0. The number of benzene rings is 2. The van der Waals surface area contributed by atoms with Crippen LogP contribution in [0, 0.1) is 5.41 Å². The fourth-order valence-electron chi connectivity index (χ4n) is 5.88. The first-order valence-electron chi connectivity index (χ1n) is 13.3. The topological polar surface area (TPSA) is 122 Å². The van der Waals surface area contributed by atoms with Crippen molar-refractivity contribution in [2.75, 3.05) is 12.0 Å². The molecule has 0 saturated heterocycles. The fraction of sp³-hybridized carbons (Fsp3) is 0.333. The molecule has 1 aromatic heterocycles. The lowest BCUT2D eigenvalue weighted by molar-refractivity contribution is 0.0766. The molecule has 9 heteroatoms. The zero-order chi connectivity index (χ0) is 27.3. The molecule has 3 N–H and O–H groups in total. The SMILES string of the molecule is COc1ccc(N2C(=O)c3cc(CN4Cc5cnc(C(=N)N)cc5C4=O)ccc3C2C)cc1OC1CCCC1. The molecule has 0 bridgehead atoms. The van der Waals surface area contributed by atoms with Crippen molar-refractivity contribution in [3.63, 3.8) is 0 Å². The highest BCUT2D eigenvalue weighted by atomic mass is 16.5. The lowest BCUT2D eigenvalue weighted by Crippen LogP contribution is -2.26. The number of hydrogen-bond acceptors (Lipinski definition) is 6. The van der Waals surface area contributed by atoms with E-state index in [1.165, 1.54) is 0 Å². The average Bonchev–Trinajstić information content (AvgIpc) is 3.62. The molecule has 1 unspecified atom stereocenters. The van der Waals surface area contributed by atoms with E-state index >= 15 is 0 Å². The van der Waals surface area contributed by atoms with Crippen LogP contribution in [0.25, 0.3) is 0 Å². The molecule has 2 aliphatic heterocycles. The molecular formula is C30H31N5O4. The van der Waals surface area contributed by atoms with Gasteiger partial charge in [-0.15, -0.1) is 0 Å². The van der Waals surface area contributed by atoms with Gasteiger partial charge in [0.05, 0.1) is 19.3 Å². The summed E-state index contributed by atoms with van der Waals surface area (Å²) in [6, 6.07) is 12.9. The van der Waals surface area contributed by atoms with Crippen LogP contribution in [0.2, 0.25) is 0 Å². The molecule has 1 fully saturated rings. The van der Waals surface area contributed by atoms with Crippen LogP contribution in [0.1, 0.15) is 81.7 Å². The third-order valence-electron chi connectivity index (χ3n) is 7.94. The van der Waals surface area contributed by atoms with E-state index in [0.29, 0.717) is 35.7 Å². The molecule has 3 aliphatic rings. The predicted octanol–water partition coefficient (Wildman–Crippen LogP) is 4.57. The minimum Gasteiger partial charge on any atom is -0.493 e. The molecule has 3 heterocycles. The Morgan fingerprint density at radius 1 is 1.05 bits per heavy atom. The van der Waals surface area contributed by atoms with Crippen molar-refractivity contribution in [3.05, 3.63) is 82.2 Å². The zero-order valence-corrected chi connectivity index (χ0v) is 22.1. The van der Waals surface area contributed by atoms with E-state index in [9.17, 15) is 9.59 Å². The summed E-state index contributed by atoms with van der Waals surface area (Å²) in [7, 11) is 1.62. The second-order valence-corrected chi connectivity index (χ2v) is 10.4. The quantitative estimate of drug-likeness (QED) is 0.344. The largest absolute Gasteiger partial charge is 0.493 e. The highest BCUT2D eigenvalue weighted by Crippen LogP contribution is 2.42. The first-order chi connectivity index (χ1) is 18.8. The van der Waals surface area contributed by atoms with E-state index in [2.05, 4.69) is 4.98 Å². The first kappa shape index (κ1) is 24.9. The van der Waals surface area contributed by atoms with Gasteiger partial charge in [-0.3, -0.25) is 20.0 Å². The van der Waals surface area contributed by atoms with E-state index in [1.807, 2.05) is 43.3 Å². The predicted molar refractivity (Wildman–Crippen MR) is 146 cm³/mol. The van der Waals surface area contributed by atoms with Gasteiger partial charge in [-0.25, -0.2) is 0 Å². The van der Waals surface area contributed by atoms with Gasteiger partial charge in [0.15, 0.2) is 11.5 Å². The van der Waals surface area contributed by atoms with Crippen molar-refractivity contribution >= 4 is 23.3 Å². The van der Waals surface area contributed by atoms with Gasteiger partial charge in [-0.1, -0.05) is 12.1 Å². The molecular weight excluding hydrogens is 494 g/mol. The van der Waals surface area contributed by atoms with Crippen LogP contribution < -0.4 is 20.1 Å². The monoisotopic (exact) mass is 525 g/mol. The fourth-order valence-corrected chi connectivity index (χ4v) is 5.88. The number of hydrogen-bond donors (Lipinski definition) is 2. The number of pyridine rings is 1. The Kier molecular flexibility index (Phi) is 6.21. The number of rotatable bonds is 7. The van der Waals surface area contributed by atoms with Gasteiger partial charge in [-0.2, -0.15) is 0 Å². The number of fused-ring (bicyclic) bond motifs is 2. The lowest BCUT2D eigenvalue weighted by atomic mass is 10.0. The Labute approximate surface area is 227 Å². The van der Waals surface area contributed by atoms with E-state index in [4.69, 9.17) is 20.6 Å². The second-order valence-electron chi connectivity index (χ2n) is 10.4. The molecule has 200 valence electrons. The van der Waals surface area contributed by atoms with Crippen LogP contribution in [0.5, 0.6) is 11.5 Å². The number of anilines is 1. The van der Waals surface area contributed by atoms with Gasteiger partial charge in [0.1, 0.15) is 11.5 Å². The normalized spacial score (nSPS) is 18.5. The molecule has 1 saturated carbocycles. The maximum Gasteiger partial charge on any atom is 0.259 e. The summed E-state index contributed by atoms with van der Waals surface area (Å²) in [5, 5.41) is 7.60. The van der Waals surface area contributed by atoms with Crippen molar-refractivity contribution in [1.29, 1.82) is 5.41 Å². The Bertz CT molecular complexity index is 1500. The number of carbonyl (C=O) groups is 2. The summed E-state index contributed by atoms with van der Waals surface area (Å²) in [6.07, 6.45) is 6.16. The van der Waals surface area contributed by atoms with Crippen molar-refractivity contribution in [1.82, 2.24) is 9.88 Å². The summed E-state index contributed by atoms with van der Waals surface area (Å²) < 4.78 is 11.8. The van der Waals surface area contributed by atoms with Crippen molar-refractivity contribution in [2.45, 2.75) is 57.8 Å². The summed E-state index contributed by atoms with van der Waals surface area (Å²) in [6.45, 7) is 2.80. The highest BCUT2D eigenvalue weighted by molar-refractivity contribution is 6.11. The maximum absolute atomic E-state index is 13.7. The first-order valence-corrected chi connectivity index (χ1v) is 13.3. The Morgan fingerprint density at radius 3 is 2.59 bits per heavy atom. The number of carbonyl (C=O) groups excluding carboxylic acids is 2. The number of aromatic nitrogens is 1. The maximum atomic E-state index is 13.7. The molecule has 1 aliphatic carbocycles. The van der Waals surface area contributed by atoms with E-state index in [0.717, 1.165) is 48.1 Å². The van der Waals surface area contributed by atoms with Crippen LogP contribution in [-0.4, -0.2) is 40.7 Å². The van der Waals surface area contributed by atoms with Crippen LogP contribution >= 0.6 is 0 Å². The molecule has 2 amide bonds. The second kappa shape index (κ2) is 9.72.